The first-order valence-corrected chi connectivity index (χ1v) is 9.52. The maximum Gasteiger partial charge on any atom is 0.247 e. The third kappa shape index (κ3) is 4.17. The van der Waals surface area contributed by atoms with E-state index in [1.165, 1.54) is 0 Å². The molecule has 28 heavy (non-hydrogen) atoms. The van der Waals surface area contributed by atoms with Crippen molar-refractivity contribution in [2.45, 2.75) is 25.3 Å². The molecule has 3 aromatic rings. The second kappa shape index (κ2) is 8.02. The van der Waals surface area contributed by atoms with Crippen LogP contribution in [0.5, 0.6) is 5.75 Å². The van der Waals surface area contributed by atoms with E-state index >= 15 is 0 Å². The number of benzene rings is 2. The number of nitrogens with one attached hydrogen (secondary N) is 1. The maximum atomic E-state index is 12.8. The highest BCUT2D eigenvalue weighted by atomic mass is 35.5. The van der Waals surface area contributed by atoms with Gasteiger partial charge in [0.2, 0.25) is 17.7 Å². The Hall–Kier alpha value is -2.86. The third-order valence-electron chi connectivity index (χ3n) is 4.80. The zero-order valence-corrected chi connectivity index (χ0v) is 16.1. The van der Waals surface area contributed by atoms with Crippen LogP contribution in [-0.2, 0) is 11.3 Å². The Morgan fingerprint density at radius 2 is 2.04 bits per heavy atom. The molecule has 0 radical (unpaired) electrons. The molecule has 1 aliphatic rings. The van der Waals surface area contributed by atoms with Gasteiger partial charge in [0.1, 0.15) is 5.75 Å². The summed E-state index contributed by atoms with van der Waals surface area (Å²) in [5, 5.41) is 11.7. The Bertz CT molecular complexity index is 967. The van der Waals surface area contributed by atoms with Crippen LogP contribution in [-0.4, -0.2) is 23.2 Å². The molecule has 1 aromatic heterocycles. The molecule has 1 heterocycles. The molecular weight excluding hydrogens is 378 g/mol. The first-order valence-electron chi connectivity index (χ1n) is 9.14. The van der Waals surface area contributed by atoms with Gasteiger partial charge in [-0.1, -0.05) is 29.8 Å². The fourth-order valence-corrected chi connectivity index (χ4v) is 3.33. The summed E-state index contributed by atoms with van der Waals surface area (Å²) in [5.74, 6) is 1.61. The molecule has 144 valence electrons. The standard InChI is InChI=1S/C21H20ClN3O3/c1-27-17-4-2-3-15(11-17)21-25-24-18(28-21)12-23-20(26)19(13-5-6-13)14-7-9-16(22)10-8-14/h2-4,7-11,13,19H,5-6,12H2,1H3,(H,23,26). The number of halogens is 1. The average molecular weight is 398 g/mol. The molecule has 1 unspecified atom stereocenters. The maximum absolute atomic E-state index is 12.8. The zero-order chi connectivity index (χ0) is 19.5. The van der Waals surface area contributed by atoms with Crippen LogP contribution in [0, 0.1) is 5.92 Å². The van der Waals surface area contributed by atoms with E-state index in [0.717, 1.165) is 24.0 Å². The van der Waals surface area contributed by atoms with E-state index in [1.54, 1.807) is 7.11 Å². The molecule has 0 saturated heterocycles. The zero-order valence-electron chi connectivity index (χ0n) is 15.4. The van der Waals surface area contributed by atoms with Gasteiger partial charge in [0.05, 0.1) is 19.6 Å². The Morgan fingerprint density at radius 1 is 1.25 bits per heavy atom. The lowest BCUT2D eigenvalue weighted by Crippen LogP contribution is -2.30. The number of amides is 1. The third-order valence-corrected chi connectivity index (χ3v) is 5.05. The summed E-state index contributed by atoms with van der Waals surface area (Å²) in [4.78, 5) is 12.8. The molecule has 2 aromatic carbocycles. The molecule has 6 nitrogen and oxygen atoms in total. The summed E-state index contributed by atoms with van der Waals surface area (Å²) in [5.41, 5.74) is 1.74. The van der Waals surface area contributed by atoms with Crippen molar-refractivity contribution >= 4 is 17.5 Å². The first-order chi connectivity index (χ1) is 13.6. The van der Waals surface area contributed by atoms with Gasteiger partial charge in [0.15, 0.2) is 0 Å². The molecule has 1 amide bonds. The van der Waals surface area contributed by atoms with Crippen molar-refractivity contribution in [3.8, 4) is 17.2 Å². The highest BCUT2D eigenvalue weighted by Crippen LogP contribution is 2.43. The molecule has 0 spiro atoms. The number of aromatic nitrogens is 2. The lowest BCUT2D eigenvalue weighted by atomic mass is 9.93. The first kappa shape index (κ1) is 18.5. The van der Waals surface area contributed by atoms with E-state index in [4.69, 9.17) is 20.8 Å². The minimum atomic E-state index is -0.182. The van der Waals surface area contributed by atoms with Gasteiger partial charge in [0, 0.05) is 10.6 Å². The second-order valence-corrected chi connectivity index (χ2v) is 7.25. The van der Waals surface area contributed by atoms with Gasteiger partial charge < -0.3 is 14.5 Å². The van der Waals surface area contributed by atoms with Crippen LogP contribution in [0.15, 0.2) is 52.9 Å². The van der Waals surface area contributed by atoms with E-state index in [2.05, 4.69) is 15.5 Å². The van der Waals surface area contributed by atoms with Gasteiger partial charge in [-0.2, -0.15) is 0 Å². The SMILES string of the molecule is COc1cccc(-c2nnc(CNC(=O)C(c3ccc(Cl)cc3)C3CC3)o2)c1. The topological polar surface area (TPSA) is 77.3 Å². The molecule has 7 heteroatoms. The van der Waals surface area contributed by atoms with E-state index in [9.17, 15) is 4.79 Å². The Labute approximate surface area is 167 Å². The van der Waals surface area contributed by atoms with E-state index < -0.39 is 0 Å². The van der Waals surface area contributed by atoms with Crippen LogP contribution in [0.1, 0.15) is 30.2 Å². The van der Waals surface area contributed by atoms with Crippen LogP contribution in [0.2, 0.25) is 5.02 Å². The van der Waals surface area contributed by atoms with Crippen molar-refractivity contribution in [1.82, 2.24) is 15.5 Å². The quantitative estimate of drug-likeness (QED) is 0.646. The van der Waals surface area contributed by atoms with E-state index in [-0.39, 0.29) is 18.4 Å². The van der Waals surface area contributed by atoms with Crippen LogP contribution in [0.3, 0.4) is 0 Å². The van der Waals surface area contributed by atoms with Gasteiger partial charge in [-0.25, -0.2) is 0 Å². The molecule has 0 bridgehead atoms. The number of methoxy groups -OCH3 is 1. The second-order valence-electron chi connectivity index (χ2n) is 6.82. The molecule has 1 aliphatic carbocycles. The molecule has 0 aliphatic heterocycles. The number of carbonyl (C=O) groups is 1. The summed E-state index contributed by atoms with van der Waals surface area (Å²) in [7, 11) is 1.60. The van der Waals surface area contributed by atoms with E-state index in [1.807, 2.05) is 48.5 Å². The summed E-state index contributed by atoms with van der Waals surface area (Å²) in [6.45, 7) is 0.187. The molecule has 4 rings (SSSR count). The van der Waals surface area contributed by atoms with Crippen molar-refractivity contribution < 1.29 is 13.9 Å². The molecule has 1 atom stereocenters. The Kier molecular flexibility index (Phi) is 5.30. The normalized spacial score (nSPS) is 14.5. The lowest BCUT2D eigenvalue weighted by molar-refractivity contribution is -0.123. The molecule has 1 N–H and O–H groups in total. The highest BCUT2D eigenvalue weighted by molar-refractivity contribution is 6.30. The van der Waals surface area contributed by atoms with Crippen molar-refractivity contribution in [2.75, 3.05) is 7.11 Å². The average Bonchev–Trinajstić information content (AvgIpc) is 3.43. The van der Waals surface area contributed by atoms with Crippen molar-refractivity contribution in [3.63, 3.8) is 0 Å². The van der Waals surface area contributed by atoms with Crippen LogP contribution >= 0.6 is 11.6 Å². The number of rotatable bonds is 7. The van der Waals surface area contributed by atoms with Gasteiger partial charge in [0.25, 0.3) is 0 Å². The van der Waals surface area contributed by atoms with Crippen LogP contribution in [0.25, 0.3) is 11.5 Å². The summed E-state index contributed by atoms with van der Waals surface area (Å²) < 4.78 is 10.9. The largest absolute Gasteiger partial charge is 0.497 e. The van der Waals surface area contributed by atoms with Gasteiger partial charge in [-0.3, -0.25) is 4.79 Å². The minimum Gasteiger partial charge on any atom is -0.497 e. The fourth-order valence-electron chi connectivity index (χ4n) is 3.21. The lowest BCUT2D eigenvalue weighted by Gasteiger charge is -2.16. The molecule has 1 saturated carbocycles. The number of ether oxygens (including phenoxy) is 1. The van der Waals surface area contributed by atoms with Crippen molar-refractivity contribution in [2.24, 2.45) is 5.92 Å². The van der Waals surface area contributed by atoms with Gasteiger partial charge in [-0.05, 0) is 54.7 Å². The van der Waals surface area contributed by atoms with Gasteiger partial charge >= 0.3 is 0 Å². The monoisotopic (exact) mass is 397 g/mol. The van der Waals surface area contributed by atoms with E-state index in [0.29, 0.717) is 28.5 Å². The Balaban J connectivity index is 1.43. The highest BCUT2D eigenvalue weighted by Gasteiger charge is 2.37. The van der Waals surface area contributed by atoms with Crippen LogP contribution in [0.4, 0.5) is 0 Å². The predicted molar refractivity (Wildman–Crippen MR) is 105 cm³/mol. The summed E-state index contributed by atoms with van der Waals surface area (Å²) in [6.07, 6.45) is 2.11. The predicted octanol–water partition coefficient (Wildman–Crippen LogP) is 4.21. The summed E-state index contributed by atoms with van der Waals surface area (Å²) in [6, 6.07) is 14.8. The van der Waals surface area contributed by atoms with Crippen molar-refractivity contribution in [3.05, 3.63) is 65.0 Å². The molecule has 1 fully saturated rings. The number of hydrogen-bond donors (Lipinski definition) is 1. The van der Waals surface area contributed by atoms with Crippen LogP contribution < -0.4 is 10.1 Å². The molecular formula is C21H20ClN3O3. The smallest absolute Gasteiger partial charge is 0.247 e. The fraction of sp³-hybridized carbons (Fsp3) is 0.286. The number of carbonyl (C=O) groups excluding carboxylic acids is 1. The number of hydrogen-bond acceptors (Lipinski definition) is 5. The van der Waals surface area contributed by atoms with Crippen molar-refractivity contribution in [1.29, 1.82) is 0 Å². The number of nitrogens with zero attached hydrogens (tertiary/aromatic N) is 2. The Morgan fingerprint density at radius 3 is 2.75 bits per heavy atom. The minimum absolute atomic E-state index is 0.0362. The summed E-state index contributed by atoms with van der Waals surface area (Å²) >= 11 is 5.97. The van der Waals surface area contributed by atoms with Gasteiger partial charge in [-0.15, -0.1) is 10.2 Å².